The highest BCUT2D eigenvalue weighted by Gasteiger charge is 2.15. The lowest BCUT2D eigenvalue weighted by molar-refractivity contribution is 0.0674. The van der Waals surface area contributed by atoms with Gasteiger partial charge in [-0.25, -0.2) is 0 Å². The summed E-state index contributed by atoms with van der Waals surface area (Å²) >= 11 is 0. The van der Waals surface area contributed by atoms with Crippen LogP contribution in [-0.4, -0.2) is 58.4 Å². The van der Waals surface area contributed by atoms with Crippen molar-refractivity contribution in [3.8, 4) is 0 Å². The highest BCUT2D eigenvalue weighted by molar-refractivity contribution is 5.94. The molecule has 0 aliphatic rings. The Morgan fingerprint density at radius 1 is 1.10 bits per heavy atom. The summed E-state index contributed by atoms with van der Waals surface area (Å²) in [6.07, 6.45) is 0.820. The first-order chi connectivity index (χ1) is 9.72. The SMILES string of the molecule is CNc1ccc(C(=O)N(CCCOC)CCOC)cc1. The van der Waals surface area contributed by atoms with Crippen molar-refractivity contribution in [2.24, 2.45) is 0 Å². The van der Waals surface area contributed by atoms with Crippen molar-refractivity contribution in [1.82, 2.24) is 4.90 Å². The number of carbonyl (C=O) groups is 1. The molecule has 0 unspecified atom stereocenters. The van der Waals surface area contributed by atoms with E-state index in [-0.39, 0.29) is 5.91 Å². The minimum atomic E-state index is 0.0285. The van der Waals surface area contributed by atoms with Gasteiger partial charge in [0.25, 0.3) is 5.91 Å². The Hall–Kier alpha value is -1.59. The molecule has 0 aliphatic heterocycles. The molecule has 0 bridgehead atoms. The summed E-state index contributed by atoms with van der Waals surface area (Å²) in [5.41, 5.74) is 1.68. The van der Waals surface area contributed by atoms with E-state index in [0.29, 0.717) is 31.9 Å². The fourth-order valence-corrected chi connectivity index (χ4v) is 1.88. The number of hydrogen-bond donors (Lipinski definition) is 1. The number of methoxy groups -OCH3 is 2. The second kappa shape index (κ2) is 9.34. The molecular weight excluding hydrogens is 256 g/mol. The van der Waals surface area contributed by atoms with Crippen molar-refractivity contribution in [3.05, 3.63) is 29.8 Å². The molecular formula is C15H24N2O3. The topological polar surface area (TPSA) is 50.8 Å². The van der Waals surface area contributed by atoms with Gasteiger partial charge in [0.15, 0.2) is 0 Å². The van der Waals surface area contributed by atoms with E-state index in [1.165, 1.54) is 0 Å². The van der Waals surface area contributed by atoms with Crippen molar-refractivity contribution in [3.63, 3.8) is 0 Å². The van der Waals surface area contributed by atoms with Crippen molar-refractivity contribution in [1.29, 1.82) is 0 Å². The molecule has 1 aromatic rings. The number of carbonyl (C=O) groups excluding carboxylic acids is 1. The molecule has 1 aromatic carbocycles. The summed E-state index contributed by atoms with van der Waals surface area (Å²) in [7, 11) is 5.16. The Balaban J connectivity index is 2.68. The summed E-state index contributed by atoms with van der Waals surface area (Å²) in [6, 6.07) is 7.47. The number of ether oxygens (including phenoxy) is 2. The second-order valence-corrected chi connectivity index (χ2v) is 4.46. The Kier molecular flexibility index (Phi) is 7.69. The summed E-state index contributed by atoms with van der Waals surface area (Å²) in [6.45, 7) is 2.44. The molecule has 0 spiro atoms. The summed E-state index contributed by atoms with van der Waals surface area (Å²) in [5, 5.41) is 3.04. The zero-order chi connectivity index (χ0) is 14.8. The van der Waals surface area contributed by atoms with Crippen molar-refractivity contribution < 1.29 is 14.3 Å². The van der Waals surface area contributed by atoms with Crippen LogP contribution >= 0.6 is 0 Å². The number of amides is 1. The van der Waals surface area contributed by atoms with Gasteiger partial charge in [-0.05, 0) is 30.7 Å². The molecule has 0 aliphatic carbocycles. The highest BCUT2D eigenvalue weighted by Crippen LogP contribution is 2.11. The van der Waals surface area contributed by atoms with E-state index in [1.54, 1.807) is 19.1 Å². The van der Waals surface area contributed by atoms with Crippen LogP contribution in [0.1, 0.15) is 16.8 Å². The Labute approximate surface area is 120 Å². The highest BCUT2D eigenvalue weighted by atomic mass is 16.5. The zero-order valence-electron chi connectivity index (χ0n) is 12.5. The van der Waals surface area contributed by atoms with Crippen LogP contribution in [0.15, 0.2) is 24.3 Å². The van der Waals surface area contributed by atoms with Gasteiger partial charge >= 0.3 is 0 Å². The zero-order valence-corrected chi connectivity index (χ0v) is 12.5. The fourth-order valence-electron chi connectivity index (χ4n) is 1.88. The van der Waals surface area contributed by atoms with E-state index in [9.17, 15) is 4.79 Å². The maximum atomic E-state index is 12.5. The monoisotopic (exact) mass is 280 g/mol. The van der Waals surface area contributed by atoms with Gasteiger partial charge in [0.05, 0.1) is 6.61 Å². The van der Waals surface area contributed by atoms with Crippen LogP contribution in [0, 0.1) is 0 Å². The first-order valence-electron chi connectivity index (χ1n) is 6.78. The number of benzene rings is 1. The van der Waals surface area contributed by atoms with Crippen LogP contribution in [-0.2, 0) is 9.47 Å². The van der Waals surface area contributed by atoms with Gasteiger partial charge in [-0.2, -0.15) is 0 Å². The minimum absolute atomic E-state index is 0.0285. The van der Waals surface area contributed by atoms with E-state index < -0.39 is 0 Å². The standard InChI is InChI=1S/C15H24N2O3/c1-16-14-7-5-13(6-8-14)15(18)17(10-12-20-3)9-4-11-19-2/h5-8,16H,4,9-12H2,1-3H3. The molecule has 0 heterocycles. The Morgan fingerprint density at radius 3 is 2.30 bits per heavy atom. The predicted octanol–water partition coefficient (Wildman–Crippen LogP) is 1.85. The van der Waals surface area contributed by atoms with E-state index >= 15 is 0 Å². The van der Waals surface area contributed by atoms with Crippen LogP contribution in [0.5, 0.6) is 0 Å². The molecule has 0 aromatic heterocycles. The number of anilines is 1. The molecule has 1 N–H and O–H groups in total. The Bertz CT molecular complexity index is 393. The van der Waals surface area contributed by atoms with Crippen molar-refractivity contribution >= 4 is 11.6 Å². The van der Waals surface area contributed by atoms with Gasteiger partial charge < -0.3 is 19.7 Å². The van der Waals surface area contributed by atoms with E-state index in [1.807, 2.05) is 31.3 Å². The molecule has 0 saturated carbocycles. The first kappa shape index (κ1) is 16.5. The lowest BCUT2D eigenvalue weighted by Crippen LogP contribution is -2.35. The molecule has 5 nitrogen and oxygen atoms in total. The average molecular weight is 280 g/mol. The third-order valence-corrected chi connectivity index (χ3v) is 3.05. The molecule has 112 valence electrons. The third-order valence-electron chi connectivity index (χ3n) is 3.05. The van der Waals surface area contributed by atoms with Gasteiger partial charge in [0, 0.05) is 52.2 Å². The maximum absolute atomic E-state index is 12.5. The van der Waals surface area contributed by atoms with Crippen LogP contribution in [0.3, 0.4) is 0 Å². The Morgan fingerprint density at radius 2 is 1.75 bits per heavy atom. The summed E-state index contributed by atoms with van der Waals surface area (Å²) in [4.78, 5) is 14.3. The maximum Gasteiger partial charge on any atom is 0.253 e. The molecule has 5 heteroatoms. The molecule has 0 saturated heterocycles. The lowest BCUT2D eigenvalue weighted by atomic mass is 10.1. The summed E-state index contributed by atoms with van der Waals surface area (Å²) < 4.78 is 10.1. The fraction of sp³-hybridized carbons (Fsp3) is 0.533. The van der Waals surface area contributed by atoms with Gasteiger partial charge in [-0.15, -0.1) is 0 Å². The van der Waals surface area contributed by atoms with E-state index in [0.717, 1.165) is 12.1 Å². The van der Waals surface area contributed by atoms with Gasteiger partial charge in [-0.3, -0.25) is 4.79 Å². The predicted molar refractivity (Wildman–Crippen MR) is 80.3 cm³/mol. The van der Waals surface area contributed by atoms with Crippen LogP contribution in [0.4, 0.5) is 5.69 Å². The van der Waals surface area contributed by atoms with Crippen LogP contribution < -0.4 is 5.32 Å². The number of hydrogen-bond acceptors (Lipinski definition) is 4. The smallest absolute Gasteiger partial charge is 0.253 e. The van der Waals surface area contributed by atoms with Crippen LogP contribution in [0.25, 0.3) is 0 Å². The first-order valence-corrected chi connectivity index (χ1v) is 6.78. The largest absolute Gasteiger partial charge is 0.388 e. The van der Waals surface area contributed by atoms with E-state index in [2.05, 4.69) is 5.32 Å². The molecule has 1 rings (SSSR count). The summed E-state index contributed by atoms with van der Waals surface area (Å²) in [5.74, 6) is 0.0285. The number of nitrogens with zero attached hydrogens (tertiary/aromatic N) is 1. The molecule has 0 radical (unpaired) electrons. The molecule has 0 atom stereocenters. The van der Waals surface area contributed by atoms with E-state index in [4.69, 9.17) is 9.47 Å². The normalized spacial score (nSPS) is 10.3. The third kappa shape index (κ3) is 5.19. The molecule has 20 heavy (non-hydrogen) atoms. The van der Waals surface area contributed by atoms with Crippen molar-refractivity contribution in [2.75, 3.05) is 52.9 Å². The van der Waals surface area contributed by atoms with Gasteiger partial charge in [-0.1, -0.05) is 0 Å². The second-order valence-electron chi connectivity index (χ2n) is 4.46. The van der Waals surface area contributed by atoms with Gasteiger partial charge in [0.2, 0.25) is 0 Å². The lowest BCUT2D eigenvalue weighted by Gasteiger charge is -2.22. The minimum Gasteiger partial charge on any atom is -0.388 e. The quantitative estimate of drug-likeness (QED) is 0.701. The van der Waals surface area contributed by atoms with Crippen LogP contribution in [0.2, 0.25) is 0 Å². The van der Waals surface area contributed by atoms with Gasteiger partial charge in [0.1, 0.15) is 0 Å². The number of nitrogens with one attached hydrogen (secondary N) is 1. The van der Waals surface area contributed by atoms with Crippen molar-refractivity contribution in [2.45, 2.75) is 6.42 Å². The average Bonchev–Trinajstić information content (AvgIpc) is 2.50. The molecule has 0 fully saturated rings. The molecule has 1 amide bonds. The number of rotatable bonds is 9.